The fourth-order valence-corrected chi connectivity index (χ4v) is 6.79. The lowest BCUT2D eigenvalue weighted by Gasteiger charge is -2.63. The Hall–Kier alpha value is -0.590. The van der Waals surface area contributed by atoms with Gasteiger partial charge in [0.15, 0.2) is 6.23 Å². The monoisotopic (exact) mass is 505 g/mol. The van der Waals surface area contributed by atoms with Crippen molar-refractivity contribution in [1.82, 2.24) is 10.2 Å². The molecule has 12 heteroatoms. The highest BCUT2D eigenvalue weighted by molar-refractivity contribution is 7.46. The molecule has 0 aromatic rings. The van der Waals surface area contributed by atoms with Gasteiger partial charge in [0, 0.05) is 5.41 Å². The third-order valence-corrected chi connectivity index (χ3v) is 8.98. The van der Waals surface area contributed by atoms with Crippen molar-refractivity contribution in [3.8, 4) is 0 Å². The lowest BCUT2D eigenvalue weighted by atomic mass is 9.60. The Morgan fingerprint density at radius 3 is 2.53 bits per heavy atom. The first-order chi connectivity index (χ1) is 16.0. The number of rotatable bonds is 4. The molecule has 2 bridgehead atoms. The van der Waals surface area contributed by atoms with E-state index >= 15 is 0 Å². The molecule has 3 heterocycles. The number of aliphatic hydroxyl groups excluding tert-OH is 3. The zero-order valence-corrected chi connectivity index (χ0v) is 20.6. The van der Waals surface area contributed by atoms with E-state index in [0.29, 0.717) is 6.42 Å². The van der Waals surface area contributed by atoms with Crippen LogP contribution in [0.2, 0.25) is 0 Å². The van der Waals surface area contributed by atoms with Crippen molar-refractivity contribution in [2.75, 3.05) is 6.61 Å². The topological polar surface area (TPSA) is 178 Å². The van der Waals surface area contributed by atoms with Crippen LogP contribution in [0, 0.1) is 11.3 Å². The van der Waals surface area contributed by atoms with Crippen LogP contribution in [0.5, 0.6) is 0 Å². The third-order valence-electron chi connectivity index (χ3n) is 8.49. The molecule has 0 amide bonds. The smallest absolute Gasteiger partial charge is 0.387 e. The summed E-state index contributed by atoms with van der Waals surface area (Å²) in [5.41, 5.74) is 5.32. The van der Waals surface area contributed by atoms with Crippen LogP contribution in [0.4, 0.5) is 0 Å². The first-order valence-electron chi connectivity index (χ1n) is 12.4. The molecule has 3 aliphatic heterocycles. The van der Waals surface area contributed by atoms with Crippen molar-refractivity contribution in [3.63, 3.8) is 0 Å². The largest absolute Gasteiger partial charge is 0.469 e. The number of piperidine rings is 1. The van der Waals surface area contributed by atoms with Gasteiger partial charge in [-0.3, -0.25) is 9.84 Å². The van der Waals surface area contributed by atoms with Gasteiger partial charge >= 0.3 is 7.82 Å². The van der Waals surface area contributed by atoms with Crippen LogP contribution in [0.25, 0.3) is 0 Å². The summed E-state index contributed by atoms with van der Waals surface area (Å²) in [6.45, 7) is 1.52. The van der Waals surface area contributed by atoms with Crippen molar-refractivity contribution in [2.24, 2.45) is 17.1 Å². The number of ether oxygens (including phenoxy) is 1. The summed E-state index contributed by atoms with van der Waals surface area (Å²) in [7, 11) is -4.77. The fraction of sp³-hybridized carbons (Fsp3) is 0.909. The summed E-state index contributed by atoms with van der Waals surface area (Å²) in [4.78, 5) is 19.9. The Balaban J connectivity index is 1.68. The molecule has 0 spiro atoms. The normalized spacial score (nSPS) is 46.1. The van der Waals surface area contributed by atoms with Crippen LogP contribution < -0.4 is 11.1 Å². The number of hydrogen-bond acceptors (Lipinski definition) is 9. The standard InChI is InChI=1S/C22H40N3O8P/c1-14-8-6-4-2-3-5-7-9-21-10-11-25(22(14,13-21)20(28)24-19(21)23)18-17(27)16(26)15(33-18)12-32-34(29,30)31/h10-11,14-20,24,26-28H,2-9,12-13,23H2,1H3,(H2,29,30,31). The number of nitrogens with two attached hydrogens (primary N) is 1. The van der Waals surface area contributed by atoms with Gasteiger partial charge in [-0.25, -0.2) is 4.57 Å². The third kappa shape index (κ3) is 4.85. The maximum Gasteiger partial charge on any atom is 0.469 e. The van der Waals surface area contributed by atoms with Crippen molar-refractivity contribution < 1.29 is 38.9 Å². The van der Waals surface area contributed by atoms with Gasteiger partial charge in [-0.05, 0) is 31.4 Å². The highest BCUT2D eigenvalue weighted by Crippen LogP contribution is 2.53. The Morgan fingerprint density at radius 1 is 1.15 bits per heavy atom. The number of nitrogens with one attached hydrogen (secondary N) is 1. The Morgan fingerprint density at radius 2 is 1.82 bits per heavy atom. The van der Waals surface area contributed by atoms with Crippen LogP contribution in [0.3, 0.4) is 0 Å². The van der Waals surface area contributed by atoms with Crippen LogP contribution in [-0.4, -0.2) is 79.1 Å². The van der Waals surface area contributed by atoms with E-state index in [9.17, 15) is 19.9 Å². The van der Waals surface area contributed by atoms with E-state index in [1.165, 1.54) is 12.8 Å². The van der Waals surface area contributed by atoms with Crippen LogP contribution in [-0.2, 0) is 13.8 Å². The van der Waals surface area contributed by atoms with E-state index in [1.54, 1.807) is 4.90 Å². The minimum Gasteiger partial charge on any atom is -0.387 e. The van der Waals surface area contributed by atoms with Crippen LogP contribution in [0.15, 0.2) is 12.3 Å². The van der Waals surface area contributed by atoms with Gasteiger partial charge in [-0.1, -0.05) is 51.5 Å². The first kappa shape index (κ1) is 26.5. The van der Waals surface area contributed by atoms with Gasteiger partial charge in [-0.15, -0.1) is 0 Å². The molecule has 8 N–H and O–H groups in total. The van der Waals surface area contributed by atoms with E-state index < -0.39 is 56.9 Å². The molecule has 4 rings (SSSR count). The maximum atomic E-state index is 11.4. The zero-order chi connectivity index (χ0) is 24.7. The van der Waals surface area contributed by atoms with Crippen molar-refractivity contribution in [1.29, 1.82) is 0 Å². The molecule has 2 saturated heterocycles. The van der Waals surface area contributed by atoms with E-state index in [4.69, 9.17) is 20.3 Å². The molecule has 4 aliphatic rings. The summed E-state index contributed by atoms with van der Waals surface area (Å²) >= 11 is 0. The van der Waals surface area contributed by atoms with Crippen molar-refractivity contribution in [2.45, 2.75) is 107 Å². The van der Waals surface area contributed by atoms with Gasteiger partial charge in [0.05, 0.1) is 18.3 Å². The van der Waals surface area contributed by atoms with Crippen molar-refractivity contribution >= 4 is 7.82 Å². The summed E-state index contributed by atoms with van der Waals surface area (Å²) in [5.74, 6) is 0.00426. The predicted octanol–water partition coefficient (Wildman–Crippen LogP) is 0.464. The number of hydrogen-bond donors (Lipinski definition) is 7. The fourth-order valence-electron chi connectivity index (χ4n) is 6.45. The number of phosphoric ester groups is 1. The van der Waals surface area contributed by atoms with E-state index in [0.717, 1.165) is 38.5 Å². The summed E-state index contributed by atoms with van der Waals surface area (Å²) in [5, 5.41) is 36.1. The lowest BCUT2D eigenvalue weighted by Crippen LogP contribution is -2.77. The second-order valence-electron chi connectivity index (χ2n) is 10.6. The molecule has 1 saturated carbocycles. The van der Waals surface area contributed by atoms with E-state index in [-0.39, 0.29) is 11.3 Å². The van der Waals surface area contributed by atoms with Gasteiger partial charge in [0.2, 0.25) is 0 Å². The molecule has 11 nitrogen and oxygen atoms in total. The summed E-state index contributed by atoms with van der Waals surface area (Å²) in [6, 6.07) is 0. The predicted molar refractivity (Wildman–Crippen MR) is 123 cm³/mol. The molecular weight excluding hydrogens is 465 g/mol. The highest BCUT2D eigenvalue weighted by Gasteiger charge is 2.62. The van der Waals surface area contributed by atoms with Gasteiger partial charge in [-0.2, -0.15) is 0 Å². The molecule has 0 aromatic carbocycles. The van der Waals surface area contributed by atoms with Crippen LogP contribution in [0.1, 0.15) is 64.7 Å². The van der Waals surface area contributed by atoms with E-state index in [1.807, 2.05) is 12.3 Å². The molecule has 9 atom stereocenters. The summed E-state index contributed by atoms with van der Waals surface area (Å²) < 4.78 is 21.6. The molecule has 0 aromatic heterocycles. The molecule has 34 heavy (non-hydrogen) atoms. The molecule has 196 valence electrons. The second kappa shape index (κ2) is 10.0. The average molecular weight is 506 g/mol. The minimum atomic E-state index is -4.77. The SMILES string of the molecule is CC1CCCCCCCCC23C=CN(C4OC(COP(=O)(O)O)C(O)C4O)C1(C2)C(O)NC3N. The van der Waals surface area contributed by atoms with Gasteiger partial charge in [0.1, 0.15) is 24.5 Å². The van der Waals surface area contributed by atoms with Crippen molar-refractivity contribution in [3.05, 3.63) is 12.3 Å². The zero-order valence-electron chi connectivity index (χ0n) is 19.7. The maximum absolute atomic E-state index is 11.4. The molecule has 1 aliphatic carbocycles. The molecule has 3 fully saturated rings. The summed E-state index contributed by atoms with van der Waals surface area (Å²) in [6.07, 6.45) is 6.49. The van der Waals surface area contributed by atoms with Gasteiger partial charge < -0.3 is 40.5 Å². The average Bonchev–Trinajstić information content (AvgIpc) is 3.05. The Kier molecular flexibility index (Phi) is 7.82. The quantitative estimate of drug-likeness (QED) is 0.264. The highest BCUT2D eigenvalue weighted by atomic mass is 31.2. The van der Waals surface area contributed by atoms with Crippen LogP contribution >= 0.6 is 7.82 Å². The number of nitrogens with zero attached hydrogens (tertiary/aromatic N) is 1. The molecule has 9 unspecified atom stereocenters. The number of aliphatic hydroxyl groups is 3. The second-order valence-corrected chi connectivity index (χ2v) is 11.8. The minimum absolute atomic E-state index is 0.00426. The Labute approximate surface area is 200 Å². The Bertz CT molecular complexity index is 798. The first-order valence-corrected chi connectivity index (χ1v) is 13.9. The molecular formula is C22H40N3O8P. The number of phosphoric acid groups is 1. The molecule has 0 radical (unpaired) electrons. The van der Waals surface area contributed by atoms with Gasteiger partial charge in [0.25, 0.3) is 0 Å². The van der Waals surface area contributed by atoms with E-state index in [2.05, 4.69) is 16.8 Å². The lowest BCUT2D eigenvalue weighted by molar-refractivity contribution is -0.200.